The predicted octanol–water partition coefficient (Wildman–Crippen LogP) is 3.13. The van der Waals surface area contributed by atoms with E-state index in [-0.39, 0.29) is 18.0 Å². The number of benzene rings is 1. The second-order valence-electron chi connectivity index (χ2n) is 5.61. The molecule has 0 bridgehead atoms. The van der Waals surface area contributed by atoms with Gasteiger partial charge in [0.05, 0.1) is 13.7 Å². The summed E-state index contributed by atoms with van der Waals surface area (Å²) in [6.45, 7) is 5.63. The summed E-state index contributed by atoms with van der Waals surface area (Å²) in [5.41, 5.74) is 0.503. The van der Waals surface area contributed by atoms with E-state index in [2.05, 4.69) is 6.58 Å². The normalized spacial score (nSPS) is 10.3. The smallest absolute Gasteiger partial charge is 0.339 e. The van der Waals surface area contributed by atoms with Gasteiger partial charge in [0.1, 0.15) is 23.7 Å². The molecule has 2 rings (SSSR count). The van der Waals surface area contributed by atoms with Crippen molar-refractivity contribution in [2.75, 3.05) is 20.8 Å². The molecule has 1 heterocycles. The van der Waals surface area contributed by atoms with E-state index in [1.165, 1.54) is 18.1 Å². The van der Waals surface area contributed by atoms with Crippen molar-refractivity contribution in [1.82, 2.24) is 4.90 Å². The lowest BCUT2D eigenvalue weighted by Crippen LogP contribution is -2.26. The van der Waals surface area contributed by atoms with Gasteiger partial charge in [0.15, 0.2) is 11.5 Å². The lowest BCUT2D eigenvalue weighted by Gasteiger charge is -2.17. The summed E-state index contributed by atoms with van der Waals surface area (Å²) in [4.78, 5) is 25.1. The fourth-order valence-corrected chi connectivity index (χ4v) is 2.43. The molecule has 1 amide bonds. The Bertz CT molecular complexity index is 823. The van der Waals surface area contributed by atoms with E-state index in [9.17, 15) is 9.59 Å². The first-order chi connectivity index (χ1) is 12.4. The molecule has 26 heavy (non-hydrogen) atoms. The Hall–Kier alpha value is -3.22. The molecule has 0 aliphatic carbocycles. The van der Waals surface area contributed by atoms with Crippen LogP contribution < -0.4 is 9.47 Å². The van der Waals surface area contributed by atoms with Gasteiger partial charge in [-0.05, 0) is 31.2 Å². The Kier molecular flexibility index (Phi) is 6.06. The third-order valence-electron chi connectivity index (χ3n) is 3.71. The third-order valence-corrected chi connectivity index (χ3v) is 3.71. The quantitative estimate of drug-likeness (QED) is 0.729. The lowest BCUT2D eigenvalue weighted by molar-refractivity contribution is 0.0694. The summed E-state index contributed by atoms with van der Waals surface area (Å²) in [7, 11) is 3.10. The number of hydrogen-bond acceptors (Lipinski definition) is 5. The summed E-state index contributed by atoms with van der Waals surface area (Å²) < 4.78 is 16.1. The highest BCUT2D eigenvalue weighted by atomic mass is 16.5. The van der Waals surface area contributed by atoms with Crippen molar-refractivity contribution < 1.29 is 28.6 Å². The molecule has 0 aliphatic rings. The molecule has 7 heteroatoms. The van der Waals surface area contributed by atoms with Crippen LogP contribution >= 0.6 is 0 Å². The number of carboxylic acids is 1. The van der Waals surface area contributed by atoms with Crippen LogP contribution in [0.3, 0.4) is 0 Å². The highest BCUT2D eigenvalue weighted by Gasteiger charge is 2.19. The van der Waals surface area contributed by atoms with Crippen LogP contribution in [0, 0.1) is 6.92 Å². The van der Waals surface area contributed by atoms with Crippen molar-refractivity contribution in [2.24, 2.45) is 0 Å². The Balaban J connectivity index is 2.15. The molecule has 2 aromatic rings. The number of methoxy groups -OCH3 is 1. The van der Waals surface area contributed by atoms with E-state index in [0.29, 0.717) is 35.2 Å². The SMILES string of the molecule is C=CCOc1ccc(C(=O)N(C)Cc2cc(C(=O)O)c(C)o2)cc1OC. The van der Waals surface area contributed by atoms with E-state index in [4.69, 9.17) is 19.0 Å². The number of aromatic carboxylic acids is 1. The number of ether oxygens (including phenoxy) is 2. The van der Waals surface area contributed by atoms with Crippen LogP contribution in [0.5, 0.6) is 11.5 Å². The molecule has 0 unspecified atom stereocenters. The monoisotopic (exact) mass is 359 g/mol. The van der Waals surface area contributed by atoms with Gasteiger partial charge >= 0.3 is 5.97 Å². The molecule has 0 saturated carbocycles. The predicted molar refractivity (Wildman–Crippen MR) is 94.9 cm³/mol. The zero-order valence-electron chi connectivity index (χ0n) is 14.9. The standard InChI is InChI=1S/C19H21NO6/c1-5-8-25-16-7-6-13(9-17(16)24-4)18(21)20(3)11-14-10-15(19(22)23)12(2)26-14/h5-7,9-10H,1,8,11H2,2-4H3,(H,22,23). The molecule has 0 aliphatic heterocycles. The second kappa shape index (κ2) is 8.24. The van der Waals surface area contributed by atoms with Crippen molar-refractivity contribution in [3.05, 3.63) is 59.6 Å². The average molecular weight is 359 g/mol. The van der Waals surface area contributed by atoms with Gasteiger partial charge in [0.25, 0.3) is 5.91 Å². The maximum atomic E-state index is 12.6. The molecule has 1 aromatic heterocycles. The van der Waals surface area contributed by atoms with Crippen molar-refractivity contribution >= 4 is 11.9 Å². The fraction of sp³-hybridized carbons (Fsp3) is 0.263. The Morgan fingerprint density at radius 1 is 1.31 bits per heavy atom. The van der Waals surface area contributed by atoms with Gasteiger partial charge in [0.2, 0.25) is 0 Å². The van der Waals surface area contributed by atoms with Crippen LogP contribution in [0.25, 0.3) is 0 Å². The molecule has 0 atom stereocenters. The highest BCUT2D eigenvalue weighted by Crippen LogP contribution is 2.28. The van der Waals surface area contributed by atoms with Gasteiger partial charge in [-0.1, -0.05) is 12.7 Å². The van der Waals surface area contributed by atoms with Crippen LogP contribution in [-0.4, -0.2) is 42.6 Å². The summed E-state index contributed by atoms with van der Waals surface area (Å²) >= 11 is 0. The van der Waals surface area contributed by atoms with Gasteiger partial charge in [-0.25, -0.2) is 4.79 Å². The van der Waals surface area contributed by atoms with E-state index in [1.54, 1.807) is 38.2 Å². The molecule has 0 saturated heterocycles. The van der Waals surface area contributed by atoms with Crippen LogP contribution in [0.1, 0.15) is 32.2 Å². The topological polar surface area (TPSA) is 89.2 Å². The number of carboxylic acid groups (broad SMARTS) is 1. The molecule has 138 valence electrons. The summed E-state index contributed by atoms with van der Waals surface area (Å²) in [5.74, 6) is 0.329. The number of aryl methyl sites for hydroxylation is 1. The summed E-state index contributed by atoms with van der Waals surface area (Å²) in [6, 6.07) is 6.31. The Morgan fingerprint density at radius 2 is 2.04 bits per heavy atom. The van der Waals surface area contributed by atoms with Crippen LogP contribution in [-0.2, 0) is 6.54 Å². The van der Waals surface area contributed by atoms with Gasteiger partial charge in [-0.2, -0.15) is 0 Å². The maximum Gasteiger partial charge on any atom is 0.339 e. The van der Waals surface area contributed by atoms with Gasteiger partial charge in [0, 0.05) is 12.6 Å². The van der Waals surface area contributed by atoms with Gasteiger partial charge in [-0.15, -0.1) is 0 Å². The van der Waals surface area contributed by atoms with Crippen molar-refractivity contribution in [2.45, 2.75) is 13.5 Å². The number of hydrogen-bond donors (Lipinski definition) is 1. The fourth-order valence-electron chi connectivity index (χ4n) is 2.43. The summed E-state index contributed by atoms with van der Waals surface area (Å²) in [5, 5.41) is 9.07. The van der Waals surface area contributed by atoms with Crippen molar-refractivity contribution in [1.29, 1.82) is 0 Å². The minimum Gasteiger partial charge on any atom is -0.493 e. The molecule has 1 N–H and O–H groups in total. The second-order valence-corrected chi connectivity index (χ2v) is 5.61. The van der Waals surface area contributed by atoms with E-state index in [1.807, 2.05) is 0 Å². The van der Waals surface area contributed by atoms with Crippen molar-refractivity contribution in [3.63, 3.8) is 0 Å². The van der Waals surface area contributed by atoms with Gasteiger partial charge in [-0.3, -0.25) is 4.79 Å². The number of carbonyl (C=O) groups excluding carboxylic acids is 1. The zero-order valence-corrected chi connectivity index (χ0v) is 14.9. The summed E-state index contributed by atoms with van der Waals surface area (Å²) in [6.07, 6.45) is 1.61. The lowest BCUT2D eigenvalue weighted by atomic mass is 10.1. The maximum absolute atomic E-state index is 12.6. The minimum atomic E-state index is -1.06. The van der Waals surface area contributed by atoms with E-state index in [0.717, 1.165) is 0 Å². The van der Waals surface area contributed by atoms with E-state index >= 15 is 0 Å². The first-order valence-corrected chi connectivity index (χ1v) is 7.87. The molecule has 0 spiro atoms. The molecular weight excluding hydrogens is 338 g/mol. The highest BCUT2D eigenvalue weighted by molar-refractivity contribution is 5.94. The number of nitrogens with zero attached hydrogens (tertiary/aromatic N) is 1. The van der Waals surface area contributed by atoms with Crippen LogP contribution in [0.2, 0.25) is 0 Å². The first-order valence-electron chi connectivity index (χ1n) is 7.87. The Labute approximate surface area is 151 Å². The van der Waals surface area contributed by atoms with Crippen LogP contribution in [0.15, 0.2) is 41.3 Å². The molecule has 7 nitrogen and oxygen atoms in total. The third kappa shape index (κ3) is 4.24. The van der Waals surface area contributed by atoms with E-state index < -0.39 is 5.97 Å². The van der Waals surface area contributed by atoms with Crippen LogP contribution in [0.4, 0.5) is 0 Å². The van der Waals surface area contributed by atoms with Gasteiger partial charge < -0.3 is 23.9 Å². The number of rotatable bonds is 8. The first kappa shape index (κ1) is 19.1. The molecule has 0 fully saturated rings. The number of furan rings is 1. The molecule has 0 radical (unpaired) electrons. The Morgan fingerprint density at radius 3 is 2.62 bits per heavy atom. The van der Waals surface area contributed by atoms with Crippen molar-refractivity contribution in [3.8, 4) is 11.5 Å². The average Bonchev–Trinajstić information content (AvgIpc) is 2.99. The molecule has 1 aromatic carbocycles. The number of amides is 1. The zero-order chi connectivity index (χ0) is 19.3. The molecular formula is C19H21NO6. The minimum absolute atomic E-state index is 0.0891. The largest absolute Gasteiger partial charge is 0.493 e. The number of carbonyl (C=O) groups is 2.